The molecule has 0 unspecified atom stereocenters. The zero-order valence-electron chi connectivity index (χ0n) is 17.0. The Kier molecular flexibility index (Phi) is 5.22. The molecule has 0 bridgehead atoms. The van der Waals surface area contributed by atoms with E-state index in [9.17, 15) is 5.26 Å². The van der Waals surface area contributed by atoms with Crippen molar-refractivity contribution in [1.82, 2.24) is 15.0 Å². The van der Waals surface area contributed by atoms with Crippen LogP contribution in [0, 0.1) is 11.3 Å². The van der Waals surface area contributed by atoms with Crippen molar-refractivity contribution in [3.8, 4) is 6.07 Å². The van der Waals surface area contributed by atoms with Crippen LogP contribution in [0.3, 0.4) is 0 Å². The second-order valence-electron chi connectivity index (χ2n) is 7.73. The first-order chi connectivity index (χ1) is 15.2. The summed E-state index contributed by atoms with van der Waals surface area (Å²) in [6, 6.07) is 10.2. The van der Waals surface area contributed by atoms with Crippen LogP contribution in [0.1, 0.15) is 30.0 Å². The number of para-hydroxylation sites is 1. The van der Waals surface area contributed by atoms with E-state index in [4.69, 9.17) is 27.1 Å². The number of fused-ring (bicyclic) bond motifs is 1. The number of halogens is 1. The number of hydrogen-bond acceptors (Lipinski definition) is 8. The van der Waals surface area contributed by atoms with E-state index in [0.717, 1.165) is 54.8 Å². The lowest BCUT2D eigenvalue weighted by Gasteiger charge is -2.33. The average Bonchev–Trinajstić information content (AvgIpc) is 3.28. The number of nitrogen functional groups attached to an aromatic ring is 1. The molecule has 31 heavy (non-hydrogen) atoms. The number of benzene rings is 1. The minimum Gasteiger partial charge on any atom is -0.382 e. The molecular formula is C22H22ClN7O. The van der Waals surface area contributed by atoms with Crippen molar-refractivity contribution in [2.75, 3.05) is 48.4 Å². The van der Waals surface area contributed by atoms with Crippen LogP contribution in [-0.4, -0.2) is 47.8 Å². The molecule has 2 aliphatic heterocycles. The summed E-state index contributed by atoms with van der Waals surface area (Å²) in [6.07, 6.45) is 3.33. The Morgan fingerprint density at radius 1 is 1.16 bits per heavy atom. The van der Waals surface area contributed by atoms with Gasteiger partial charge >= 0.3 is 0 Å². The van der Waals surface area contributed by atoms with Gasteiger partial charge in [0.05, 0.1) is 29.8 Å². The van der Waals surface area contributed by atoms with E-state index in [1.54, 1.807) is 0 Å². The van der Waals surface area contributed by atoms with Gasteiger partial charge in [-0.2, -0.15) is 5.26 Å². The van der Waals surface area contributed by atoms with Crippen LogP contribution in [0.5, 0.6) is 0 Å². The number of morpholine rings is 1. The van der Waals surface area contributed by atoms with Crippen molar-refractivity contribution in [2.45, 2.75) is 18.9 Å². The molecule has 4 heterocycles. The molecule has 2 saturated heterocycles. The van der Waals surface area contributed by atoms with Gasteiger partial charge < -0.3 is 20.3 Å². The maximum atomic E-state index is 9.66. The highest BCUT2D eigenvalue weighted by molar-refractivity contribution is 6.35. The van der Waals surface area contributed by atoms with Crippen LogP contribution in [0.4, 0.5) is 17.5 Å². The third-order valence-corrected chi connectivity index (χ3v) is 6.27. The molecule has 3 aromatic rings. The van der Waals surface area contributed by atoms with Gasteiger partial charge in [-0.15, -0.1) is 0 Å². The molecule has 9 heteroatoms. The van der Waals surface area contributed by atoms with Crippen molar-refractivity contribution in [1.29, 1.82) is 5.26 Å². The standard InChI is InChI=1S/C22H22ClN7O/c23-17-4-1-3-14-11-15(22(28-19(14)17)29-7-9-31-10-8-29)18-5-2-6-30(18)21-16(12-24)20(25)26-13-27-21/h1,3-4,11,13,18H,2,5-10H2,(H2,25,26,27)/t18-/m0/s1. The monoisotopic (exact) mass is 435 g/mol. The van der Waals surface area contributed by atoms with E-state index in [0.29, 0.717) is 29.6 Å². The third-order valence-electron chi connectivity index (χ3n) is 5.97. The first kappa shape index (κ1) is 19.8. The zero-order valence-corrected chi connectivity index (χ0v) is 17.7. The van der Waals surface area contributed by atoms with Crippen LogP contribution in [0.15, 0.2) is 30.6 Å². The highest BCUT2D eigenvalue weighted by Crippen LogP contribution is 2.42. The summed E-state index contributed by atoms with van der Waals surface area (Å²) < 4.78 is 5.56. The predicted molar refractivity (Wildman–Crippen MR) is 120 cm³/mol. The Bertz CT molecular complexity index is 1170. The van der Waals surface area contributed by atoms with Crippen molar-refractivity contribution >= 4 is 40.0 Å². The SMILES string of the molecule is N#Cc1c(N)ncnc1N1CCC[C@H]1c1cc2cccc(Cl)c2nc1N1CCOCC1. The summed E-state index contributed by atoms with van der Waals surface area (Å²) >= 11 is 6.48. The predicted octanol–water partition coefficient (Wildman–Crippen LogP) is 3.31. The summed E-state index contributed by atoms with van der Waals surface area (Å²) in [5.74, 6) is 1.70. The molecule has 8 nitrogen and oxygen atoms in total. The Hall–Kier alpha value is -3.15. The van der Waals surface area contributed by atoms with Gasteiger partial charge in [-0.25, -0.2) is 15.0 Å². The first-order valence-electron chi connectivity index (χ1n) is 10.4. The number of nitriles is 1. The molecule has 0 spiro atoms. The summed E-state index contributed by atoms with van der Waals surface area (Å²) in [5, 5.41) is 11.3. The molecule has 1 atom stereocenters. The van der Waals surface area contributed by atoms with Crippen LogP contribution in [0.2, 0.25) is 5.02 Å². The molecule has 0 radical (unpaired) electrons. The van der Waals surface area contributed by atoms with Gasteiger partial charge in [-0.05, 0) is 25.0 Å². The Labute approximate surface area is 185 Å². The molecule has 0 saturated carbocycles. The lowest BCUT2D eigenvalue weighted by atomic mass is 10.0. The van der Waals surface area contributed by atoms with Gasteiger partial charge in [0.15, 0.2) is 5.82 Å². The first-order valence-corrected chi connectivity index (χ1v) is 10.7. The summed E-state index contributed by atoms with van der Waals surface area (Å²) in [7, 11) is 0. The van der Waals surface area contributed by atoms with E-state index in [1.807, 2.05) is 18.2 Å². The summed E-state index contributed by atoms with van der Waals surface area (Å²) in [4.78, 5) is 17.9. The molecule has 5 rings (SSSR count). The van der Waals surface area contributed by atoms with Crippen molar-refractivity contribution in [3.63, 3.8) is 0 Å². The number of anilines is 3. The fraction of sp³-hybridized carbons (Fsp3) is 0.364. The lowest BCUT2D eigenvalue weighted by molar-refractivity contribution is 0.122. The largest absolute Gasteiger partial charge is 0.382 e. The molecule has 158 valence electrons. The highest BCUT2D eigenvalue weighted by Gasteiger charge is 2.33. The van der Waals surface area contributed by atoms with Gasteiger partial charge in [0.25, 0.3) is 0 Å². The number of aromatic nitrogens is 3. The maximum Gasteiger partial charge on any atom is 0.152 e. The average molecular weight is 436 g/mol. The van der Waals surface area contributed by atoms with Crippen LogP contribution in [0.25, 0.3) is 10.9 Å². The number of pyridine rings is 1. The molecule has 0 aliphatic carbocycles. The van der Waals surface area contributed by atoms with Gasteiger partial charge in [0, 0.05) is 30.6 Å². The minimum atomic E-state index is 0.0233. The van der Waals surface area contributed by atoms with Crippen molar-refractivity contribution in [2.24, 2.45) is 0 Å². The third kappa shape index (κ3) is 3.50. The van der Waals surface area contributed by atoms with E-state index >= 15 is 0 Å². The summed E-state index contributed by atoms with van der Waals surface area (Å²) in [5.41, 5.74) is 8.19. The Balaban J connectivity index is 1.66. The lowest BCUT2D eigenvalue weighted by Crippen LogP contribution is -2.38. The number of ether oxygens (including phenoxy) is 1. The molecule has 2 fully saturated rings. The normalized spacial score (nSPS) is 19.0. The van der Waals surface area contributed by atoms with Crippen LogP contribution < -0.4 is 15.5 Å². The molecule has 2 aliphatic rings. The fourth-order valence-corrected chi connectivity index (χ4v) is 4.72. The fourth-order valence-electron chi connectivity index (χ4n) is 4.50. The van der Waals surface area contributed by atoms with E-state index in [1.165, 1.54) is 6.33 Å². The quantitative estimate of drug-likeness (QED) is 0.668. The molecule has 1 aromatic carbocycles. The number of hydrogen-bond donors (Lipinski definition) is 1. The molecule has 2 N–H and O–H groups in total. The molecular weight excluding hydrogens is 414 g/mol. The Morgan fingerprint density at radius 3 is 2.81 bits per heavy atom. The minimum absolute atomic E-state index is 0.0233. The van der Waals surface area contributed by atoms with Crippen LogP contribution in [-0.2, 0) is 4.74 Å². The Morgan fingerprint density at radius 2 is 2.00 bits per heavy atom. The highest BCUT2D eigenvalue weighted by atomic mass is 35.5. The number of nitrogens with zero attached hydrogens (tertiary/aromatic N) is 6. The van der Waals surface area contributed by atoms with Gasteiger partial charge in [0.2, 0.25) is 0 Å². The van der Waals surface area contributed by atoms with E-state index < -0.39 is 0 Å². The second-order valence-corrected chi connectivity index (χ2v) is 8.14. The van der Waals surface area contributed by atoms with E-state index in [-0.39, 0.29) is 11.9 Å². The van der Waals surface area contributed by atoms with Crippen LogP contribution >= 0.6 is 11.6 Å². The van der Waals surface area contributed by atoms with Gasteiger partial charge in [-0.3, -0.25) is 0 Å². The summed E-state index contributed by atoms with van der Waals surface area (Å²) in [6.45, 7) is 3.65. The maximum absolute atomic E-state index is 9.66. The second kappa shape index (κ2) is 8.17. The van der Waals surface area contributed by atoms with Crippen molar-refractivity contribution in [3.05, 3.63) is 46.7 Å². The van der Waals surface area contributed by atoms with Gasteiger partial charge in [0.1, 0.15) is 29.6 Å². The molecule has 0 amide bonds. The zero-order chi connectivity index (χ0) is 21.4. The smallest absolute Gasteiger partial charge is 0.152 e. The topological polar surface area (TPSA) is 104 Å². The number of nitrogens with two attached hydrogens (primary N) is 1. The number of rotatable bonds is 3. The molecule has 2 aromatic heterocycles. The van der Waals surface area contributed by atoms with Crippen molar-refractivity contribution < 1.29 is 4.74 Å². The van der Waals surface area contributed by atoms with E-state index in [2.05, 4.69) is 31.9 Å². The van der Waals surface area contributed by atoms with Gasteiger partial charge in [-0.1, -0.05) is 23.7 Å².